The number of nitrogens with zero attached hydrogens (tertiary/aromatic N) is 6. The molecule has 5 rings (SSSR count). The van der Waals surface area contributed by atoms with Gasteiger partial charge in [-0.05, 0) is 24.3 Å². The standard InChI is InChI=1S/C22H16F2N6O2/c1-32-21-27-30(22(31)28(21)12-14-4-2-3-5-19(14)24)17-6-7-20-15(8-17)13-29(26-20)18-9-16(23)10-25-11-18/h2-11,13H,12H2,1H3. The highest BCUT2D eigenvalue weighted by atomic mass is 19.1. The van der Waals surface area contributed by atoms with Gasteiger partial charge in [0, 0.05) is 23.2 Å². The van der Waals surface area contributed by atoms with Crippen molar-refractivity contribution < 1.29 is 13.5 Å². The molecule has 3 heterocycles. The van der Waals surface area contributed by atoms with Gasteiger partial charge in [0.05, 0.1) is 42.9 Å². The number of methoxy groups -OCH3 is 1. The molecule has 10 heteroatoms. The van der Waals surface area contributed by atoms with Crippen LogP contribution in [0.1, 0.15) is 5.56 Å². The quantitative estimate of drug-likeness (QED) is 0.425. The molecule has 0 bridgehead atoms. The van der Waals surface area contributed by atoms with Gasteiger partial charge in [-0.1, -0.05) is 18.2 Å². The van der Waals surface area contributed by atoms with Gasteiger partial charge >= 0.3 is 11.7 Å². The lowest BCUT2D eigenvalue weighted by Gasteiger charge is -2.05. The zero-order chi connectivity index (χ0) is 22.2. The second-order valence-electron chi connectivity index (χ2n) is 7.04. The minimum absolute atomic E-state index is 0.0264. The minimum Gasteiger partial charge on any atom is -0.467 e. The van der Waals surface area contributed by atoms with Crippen molar-refractivity contribution in [3.63, 3.8) is 0 Å². The SMILES string of the molecule is COc1nn(-c2ccc3nn(-c4cncc(F)c4)cc3c2)c(=O)n1Cc1ccccc1F. The molecule has 3 aromatic heterocycles. The summed E-state index contributed by atoms with van der Waals surface area (Å²) in [5, 5.41) is 9.37. The van der Waals surface area contributed by atoms with E-state index in [0.717, 1.165) is 6.20 Å². The van der Waals surface area contributed by atoms with Gasteiger partial charge in [0.25, 0.3) is 0 Å². The largest absolute Gasteiger partial charge is 0.467 e. The maximum absolute atomic E-state index is 14.1. The van der Waals surface area contributed by atoms with Crippen molar-refractivity contribution in [1.29, 1.82) is 0 Å². The van der Waals surface area contributed by atoms with E-state index in [2.05, 4.69) is 15.2 Å². The van der Waals surface area contributed by atoms with E-state index < -0.39 is 17.3 Å². The zero-order valence-corrected chi connectivity index (χ0v) is 16.8. The van der Waals surface area contributed by atoms with Crippen LogP contribution in [0.2, 0.25) is 0 Å². The molecule has 0 N–H and O–H groups in total. The first-order chi connectivity index (χ1) is 15.5. The van der Waals surface area contributed by atoms with Crippen LogP contribution < -0.4 is 10.4 Å². The molecule has 2 aromatic carbocycles. The Morgan fingerprint density at radius 1 is 1.00 bits per heavy atom. The van der Waals surface area contributed by atoms with Crippen LogP contribution in [-0.2, 0) is 6.54 Å². The topological polar surface area (TPSA) is 79.8 Å². The Balaban J connectivity index is 1.56. The number of ether oxygens (including phenoxy) is 1. The van der Waals surface area contributed by atoms with Crippen LogP contribution in [-0.4, -0.2) is 36.2 Å². The number of hydrogen-bond donors (Lipinski definition) is 0. The first-order valence-electron chi connectivity index (χ1n) is 9.61. The molecule has 0 aliphatic carbocycles. The van der Waals surface area contributed by atoms with Crippen molar-refractivity contribution in [3.05, 3.63) is 94.8 Å². The molecule has 0 radical (unpaired) electrons. The van der Waals surface area contributed by atoms with Crippen molar-refractivity contribution in [2.45, 2.75) is 6.54 Å². The third kappa shape index (κ3) is 3.41. The van der Waals surface area contributed by atoms with Crippen molar-refractivity contribution in [1.82, 2.24) is 29.1 Å². The Morgan fingerprint density at radius 3 is 2.62 bits per heavy atom. The van der Waals surface area contributed by atoms with Crippen LogP contribution in [0.3, 0.4) is 0 Å². The fourth-order valence-electron chi connectivity index (χ4n) is 3.43. The molecule has 32 heavy (non-hydrogen) atoms. The molecule has 0 aliphatic heterocycles. The van der Waals surface area contributed by atoms with E-state index in [4.69, 9.17) is 4.74 Å². The predicted molar refractivity (Wildman–Crippen MR) is 112 cm³/mol. The fourth-order valence-corrected chi connectivity index (χ4v) is 3.43. The molecule has 0 spiro atoms. The molecule has 160 valence electrons. The molecule has 0 unspecified atom stereocenters. The highest BCUT2D eigenvalue weighted by Crippen LogP contribution is 2.20. The van der Waals surface area contributed by atoms with E-state index in [1.165, 1.54) is 39.4 Å². The Labute approximate surface area is 179 Å². The third-order valence-corrected chi connectivity index (χ3v) is 4.98. The lowest BCUT2D eigenvalue weighted by molar-refractivity contribution is 0.357. The summed E-state index contributed by atoms with van der Waals surface area (Å²) in [5.74, 6) is -0.892. The Hall–Kier alpha value is -4.34. The summed E-state index contributed by atoms with van der Waals surface area (Å²) >= 11 is 0. The highest BCUT2D eigenvalue weighted by molar-refractivity contribution is 5.80. The average molecular weight is 434 g/mol. The average Bonchev–Trinajstić information content (AvgIpc) is 3.36. The van der Waals surface area contributed by atoms with Gasteiger partial charge < -0.3 is 4.74 Å². The van der Waals surface area contributed by atoms with Gasteiger partial charge in [-0.15, -0.1) is 5.10 Å². The van der Waals surface area contributed by atoms with E-state index in [-0.39, 0.29) is 12.6 Å². The molecule has 0 fully saturated rings. The molecule has 0 amide bonds. The minimum atomic E-state index is -0.480. The van der Waals surface area contributed by atoms with Crippen molar-refractivity contribution >= 4 is 10.9 Å². The Bertz CT molecular complexity index is 1500. The summed E-state index contributed by atoms with van der Waals surface area (Å²) in [5.41, 5.74) is 1.45. The van der Waals surface area contributed by atoms with Crippen molar-refractivity contribution in [2.75, 3.05) is 7.11 Å². The summed E-state index contributed by atoms with van der Waals surface area (Å²) in [4.78, 5) is 16.9. The number of aromatic nitrogens is 6. The fraction of sp³-hybridized carbons (Fsp3) is 0.0909. The smallest absolute Gasteiger partial charge is 0.353 e. The Kier molecular flexibility index (Phi) is 4.74. The first-order valence-corrected chi connectivity index (χ1v) is 9.61. The number of benzene rings is 2. The molecule has 8 nitrogen and oxygen atoms in total. The van der Waals surface area contributed by atoms with Crippen LogP contribution in [0.25, 0.3) is 22.3 Å². The van der Waals surface area contributed by atoms with E-state index in [0.29, 0.717) is 27.8 Å². The van der Waals surface area contributed by atoms with Crippen LogP contribution in [0, 0.1) is 11.6 Å². The Morgan fingerprint density at radius 2 is 1.84 bits per heavy atom. The zero-order valence-electron chi connectivity index (χ0n) is 16.8. The summed E-state index contributed by atoms with van der Waals surface area (Å²) in [6.45, 7) is -0.0264. The van der Waals surface area contributed by atoms with Gasteiger partial charge in [-0.25, -0.2) is 22.8 Å². The number of rotatable bonds is 5. The summed E-state index contributed by atoms with van der Waals surface area (Å²) < 4.78 is 36.8. The van der Waals surface area contributed by atoms with Gasteiger partial charge in [-0.2, -0.15) is 9.78 Å². The molecular formula is C22H16F2N6O2. The second kappa shape index (κ2) is 7.73. The molecule has 5 aromatic rings. The van der Waals surface area contributed by atoms with Gasteiger partial charge in [0.15, 0.2) is 0 Å². The maximum atomic E-state index is 14.1. The molecule has 0 atom stereocenters. The number of hydrogen-bond acceptors (Lipinski definition) is 5. The third-order valence-electron chi connectivity index (χ3n) is 4.98. The highest BCUT2D eigenvalue weighted by Gasteiger charge is 2.17. The van der Waals surface area contributed by atoms with Crippen molar-refractivity contribution in [2.24, 2.45) is 0 Å². The summed E-state index contributed by atoms with van der Waals surface area (Å²) in [7, 11) is 1.39. The van der Waals surface area contributed by atoms with Crippen molar-refractivity contribution in [3.8, 4) is 17.4 Å². The van der Waals surface area contributed by atoms with Crippen LogP contribution in [0.15, 0.2) is 71.9 Å². The second-order valence-corrected chi connectivity index (χ2v) is 7.04. The van der Waals surface area contributed by atoms with Gasteiger partial charge in [0.1, 0.15) is 11.6 Å². The predicted octanol–water partition coefficient (Wildman–Crippen LogP) is 3.10. The molecule has 0 saturated heterocycles. The van der Waals surface area contributed by atoms with Crippen LogP contribution in [0.4, 0.5) is 8.78 Å². The van der Waals surface area contributed by atoms with Gasteiger partial charge in [0.2, 0.25) is 0 Å². The van der Waals surface area contributed by atoms with E-state index in [1.54, 1.807) is 42.6 Å². The summed E-state index contributed by atoms with van der Waals surface area (Å²) in [6, 6.07) is 12.7. The number of halogens is 2. The lowest BCUT2D eigenvalue weighted by atomic mass is 10.2. The molecular weight excluding hydrogens is 418 g/mol. The summed E-state index contributed by atoms with van der Waals surface area (Å²) in [6.07, 6.45) is 4.31. The van der Waals surface area contributed by atoms with E-state index in [1.807, 2.05) is 0 Å². The normalized spacial score (nSPS) is 11.2. The monoisotopic (exact) mass is 434 g/mol. The van der Waals surface area contributed by atoms with Crippen LogP contribution in [0.5, 0.6) is 6.01 Å². The number of fused-ring (bicyclic) bond motifs is 1. The van der Waals surface area contributed by atoms with E-state index in [9.17, 15) is 13.6 Å². The molecule has 0 aliphatic rings. The first kappa shape index (κ1) is 19.6. The number of pyridine rings is 1. The maximum Gasteiger partial charge on any atom is 0.353 e. The molecule has 0 saturated carbocycles. The lowest BCUT2D eigenvalue weighted by Crippen LogP contribution is -2.24. The van der Waals surface area contributed by atoms with Gasteiger partial charge in [-0.3, -0.25) is 4.98 Å². The van der Waals surface area contributed by atoms with Crippen LogP contribution >= 0.6 is 0 Å². The van der Waals surface area contributed by atoms with E-state index >= 15 is 0 Å².